The first-order valence-electron chi connectivity index (χ1n) is 7.80. The van der Waals surface area contributed by atoms with Gasteiger partial charge in [-0.25, -0.2) is 0 Å². The van der Waals surface area contributed by atoms with E-state index >= 15 is 0 Å². The Morgan fingerprint density at radius 3 is 2.33 bits per heavy atom. The molecule has 126 valence electrons. The molecule has 0 saturated heterocycles. The smallest absolute Gasteiger partial charge is 0.305 e. The van der Waals surface area contributed by atoms with Crippen LogP contribution in [0.3, 0.4) is 0 Å². The molecule has 0 aliphatic heterocycles. The monoisotopic (exact) mass is 326 g/mol. The van der Waals surface area contributed by atoms with Gasteiger partial charge in [-0.15, -0.1) is 0 Å². The van der Waals surface area contributed by atoms with Gasteiger partial charge in [0.05, 0.1) is 18.0 Å². The van der Waals surface area contributed by atoms with Crippen molar-refractivity contribution in [3.05, 3.63) is 65.5 Å². The second kappa shape index (κ2) is 7.25. The van der Waals surface area contributed by atoms with Crippen molar-refractivity contribution in [3.63, 3.8) is 0 Å². The predicted molar refractivity (Wildman–Crippen MR) is 91.8 cm³/mol. The minimum absolute atomic E-state index is 0.0137. The van der Waals surface area contributed by atoms with Crippen molar-refractivity contribution in [2.45, 2.75) is 38.6 Å². The van der Waals surface area contributed by atoms with Crippen LogP contribution in [0.2, 0.25) is 0 Å². The number of amides is 1. The first-order chi connectivity index (χ1) is 11.3. The molecule has 2 rings (SSSR count). The molecule has 0 spiro atoms. The summed E-state index contributed by atoms with van der Waals surface area (Å²) in [5, 5.41) is 11.9. The van der Waals surface area contributed by atoms with E-state index in [1.54, 1.807) is 18.3 Å². The van der Waals surface area contributed by atoms with Crippen molar-refractivity contribution >= 4 is 11.9 Å². The lowest BCUT2D eigenvalue weighted by Crippen LogP contribution is -2.30. The highest BCUT2D eigenvalue weighted by atomic mass is 16.4. The van der Waals surface area contributed by atoms with Gasteiger partial charge >= 0.3 is 5.97 Å². The summed E-state index contributed by atoms with van der Waals surface area (Å²) in [6.07, 6.45) is 2.85. The van der Waals surface area contributed by atoms with Crippen LogP contribution in [0, 0.1) is 0 Å². The molecule has 0 aliphatic rings. The molecule has 5 nitrogen and oxygen atoms in total. The van der Waals surface area contributed by atoms with Crippen LogP contribution in [0.25, 0.3) is 0 Å². The molecule has 0 fully saturated rings. The Kier molecular flexibility index (Phi) is 5.34. The molecule has 0 saturated carbocycles. The highest BCUT2D eigenvalue weighted by molar-refractivity contribution is 5.94. The van der Waals surface area contributed by atoms with E-state index in [0.29, 0.717) is 5.56 Å². The molecule has 1 atom stereocenters. The van der Waals surface area contributed by atoms with Gasteiger partial charge in [0, 0.05) is 12.4 Å². The Morgan fingerprint density at radius 1 is 1.17 bits per heavy atom. The number of rotatable bonds is 5. The molecule has 2 N–H and O–H groups in total. The molecule has 1 aromatic carbocycles. The zero-order valence-electron chi connectivity index (χ0n) is 14.1. The SMILES string of the molecule is CC(C)(C)c1ccc(C(CC(=O)O)NC(=O)c2cccnc2)cc1. The fourth-order valence-electron chi connectivity index (χ4n) is 2.38. The fraction of sp³-hybridized carbons (Fsp3) is 0.316. The summed E-state index contributed by atoms with van der Waals surface area (Å²) in [6.45, 7) is 6.34. The summed E-state index contributed by atoms with van der Waals surface area (Å²) in [6, 6.07) is 10.4. The number of hydrogen-bond acceptors (Lipinski definition) is 3. The zero-order valence-corrected chi connectivity index (χ0v) is 14.1. The normalized spacial score (nSPS) is 12.5. The number of benzene rings is 1. The molecule has 24 heavy (non-hydrogen) atoms. The number of carboxylic acids is 1. The maximum absolute atomic E-state index is 12.3. The maximum atomic E-state index is 12.3. The van der Waals surface area contributed by atoms with Crippen LogP contribution in [-0.2, 0) is 10.2 Å². The zero-order chi connectivity index (χ0) is 17.7. The van der Waals surface area contributed by atoms with Gasteiger partial charge in [-0.3, -0.25) is 14.6 Å². The number of carbonyl (C=O) groups excluding carboxylic acids is 1. The Balaban J connectivity index is 2.22. The van der Waals surface area contributed by atoms with Crippen LogP contribution >= 0.6 is 0 Å². The van der Waals surface area contributed by atoms with E-state index in [-0.39, 0.29) is 17.7 Å². The van der Waals surface area contributed by atoms with Gasteiger partial charge in [-0.05, 0) is 28.7 Å². The minimum atomic E-state index is -0.966. The maximum Gasteiger partial charge on any atom is 0.305 e. The molecule has 1 amide bonds. The molecule has 0 bridgehead atoms. The van der Waals surface area contributed by atoms with Crippen molar-refractivity contribution in [1.29, 1.82) is 0 Å². The Bertz CT molecular complexity index is 704. The van der Waals surface area contributed by atoms with Gasteiger partial charge in [0.1, 0.15) is 0 Å². The van der Waals surface area contributed by atoms with Crippen LogP contribution in [0.15, 0.2) is 48.8 Å². The summed E-state index contributed by atoms with van der Waals surface area (Å²) in [5.41, 5.74) is 2.33. The molecule has 0 radical (unpaired) electrons. The van der Waals surface area contributed by atoms with Crippen molar-refractivity contribution in [1.82, 2.24) is 10.3 Å². The van der Waals surface area contributed by atoms with Gasteiger partial charge in [0.2, 0.25) is 0 Å². The van der Waals surface area contributed by atoms with Gasteiger partial charge < -0.3 is 10.4 Å². The number of carbonyl (C=O) groups is 2. The van der Waals surface area contributed by atoms with Crippen LogP contribution in [0.1, 0.15) is 54.7 Å². The second-order valence-corrected chi connectivity index (χ2v) is 6.74. The number of carboxylic acid groups (broad SMARTS) is 1. The summed E-state index contributed by atoms with van der Waals surface area (Å²) < 4.78 is 0. The average Bonchev–Trinajstić information content (AvgIpc) is 2.54. The number of nitrogens with zero attached hydrogens (tertiary/aromatic N) is 1. The van der Waals surface area contributed by atoms with E-state index in [4.69, 9.17) is 5.11 Å². The third-order valence-electron chi connectivity index (χ3n) is 3.79. The molecule has 5 heteroatoms. The Morgan fingerprint density at radius 2 is 1.83 bits per heavy atom. The lowest BCUT2D eigenvalue weighted by Gasteiger charge is -2.22. The van der Waals surface area contributed by atoms with E-state index in [2.05, 4.69) is 31.1 Å². The number of aromatic nitrogens is 1. The summed E-state index contributed by atoms with van der Waals surface area (Å²) in [5.74, 6) is -1.30. The molecular formula is C19H22N2O3. The van der Waals surface area contributed by atoms with Crippen LogP contribution in [0.4, 0.5) is 0 Å². The molecule has 1 aromatic heterocycles. The molecule has 0 aliphatic carbocycles. The van der Waals surface area contributed by atoms with Crippen LogP contribution in [-0.4, -0.2) is 22.0 Å². The second-order valence-electron chi connectivity index (χ2n) is 6.74. The highest BCUT2D eigenvalue weighted by Gasteiger charge is 2.20. The number of aliphatic carboxylic acids is 1. The standard InChI is InChI=1S/C19H22N2O3/c1-19(2,3)15-8-6-13(7-9-15)16(11-17(22)23)21-18(24)14-5-4-10-20-12-14/h4-10,12,16H,11H2,1-3H3,(H,21,24)(H,22,23). The Labute approximate surface area is 141 Å². The van der Waals surface area contributed by atoms with E-state index in [1.807, 2.05) is 24.3 Å². The molecule has 1 heterocycles. The summed E-state index contributed by atoms with van der Waals surface area (Å²) in [4.78, 5) is 27.4. The van der Waals surface area contributed by atoms with Gasteiger partial charge in [0.15, 0.2) is 0 Å². The largest absolute Gasteiger partial charge is 0.481 e. The van der Waals surface area contributed by atoms with E-state index in [9.17, 15) is 9.59 Å². The van der Waals surface area contributed by atoms with Crippen molar-refractivity contribution in [2.24, 2.45) is 0 Å². The van der Waals surface area contributed by atoms with Crippen LogP contribution in [0.5, 0.6) is 0 Å². The van der Waals surface area contributed by atoms with E-state index in [1.165, 1.54) is 6.20 Å². The van der Waals surface area contributed by atoms with Crippen molar-refractivity contribution in [3.8, 4) is 0 Å². The first kappa shape index (κ1) is 17.7. The van der Waals surface area contributed by atoms with Crippen molar-refractivity contribution < 1.29 is 14.7 Å². The number of nitrogens with one attached hydrogen (secondary N) is 1. The average molecular weight is 326 g/mol. The summed E-state index contributed by atoms with van der Waals surface area (Å²) in [7, 11) is 0. The minimum Gasteiger partial charge on any atom is -0.481 e. The first-order valence-corrected chi connectivity index (χ1v) is 7.80. The number of hydrogen-bond donors (Lipinski definition) is 2. The third-order valence-corrected chi connectivity index (χ3v) is 3.79. The molecule has 2 aromatic rings. The quantitative estimate of drug-likeness (QED) is 0.883. The topological polar surface area (TPSA) is 79.3 Å². The lowest BCUT2D eigenvalue weighted by atomic mass is 9.86. The number of pyridine rings is 1. The summed E-state index contributed by atoms with van der Waals surface area (Å²) >= 11 is 0. The van der Waals surface area contributed by atoms with E-state index < -0.39 is 12.0 Å². The third kappa shape index (κ3) is 4.65. The highest BCUT2D eigenvalue weighted by Crippen LogP contribution is 2.25. The lowest BCUT2D eigenvalue weighted by molar-refractivity contribution is -0.137. The molecular weight excluding hydrogens is 304 g/mol. The van der Waals surface area contributed by atoms with Gasteiger partial charge in [-0.2, -0.15) is 0 Å². The fourth-order valence-corrected chi connectivity index (χ4v) is 2.38. The van der Waals surface area contributed by atoms with Gasteiger partial charge in [-0.1, -0.05) is 45.0 Å². The molecule has 1 unspecified atom stereocenters. The van der Waals surface area contributed by atoms with Crippen LogP contribution < -0.4 is 5.32 Å². The predicted octanol–water partition coefficient (Wildman–Crippen LogP) is 3.32. The van der Waals surface area contributed by atoms with Crippen molar-refractivity contribution in [2.75, 3.05) is 0 Å². The Hall–Kier alpha value is -2.69. The van der Waals surface area contributed by atoms with E-state index in [0.717, 1.165) is 11.1 Å². The van der Waals surface area contributed by atoms with Gasteiger partial charge in [0.25, 0.3) is 5.91 Å².